The Morgan fingerprint density at radius 3 is 2.48 bits per heavy atom. The second-order valence-electron chi connectivity index (χ2n) is 7.53. The van der Waals surface area contributed by atoms with Crippen LogP contribution in [0.3, 0.4) is 0 Å². The Morgan fingerprint density at radius 2 is 1.94 bits per heavy atom. The van der Waals surface area contributed by atoms with Gasteiger partial charge in [0.2, 0.25) is 5.43 Å². The molecule has 164 valence electrons. The maximum atomic E-state index is 13.1. The Morgan fingerprint density at radius 1 is 1.26 bits per heavy atom. The predicted octanol–water partition coefficient (Wildman–Crippen LogP) is 2.89. The Bertz CT molecular complexity index is 1160. The van der Waals surface area contributed by atoms with Gasteiger partial charge in [0.1, 0.15) is 11.4 Å². The van der Waals surface area contributed by atoms with E-state index >= 15 is 0 Å². The summed E-state index contributed by atoms with van der Waals surface area (Å²) in [6, 6.07) is 8.34. The molecule has 0 fully saturated rings. The van der Waals surface area contributed by atoms with Gasteiger partial charge in [0, 0.05) is 35.4 Å². The van der Waals surface area contributed by atoms with Crippen LogP contribution in [0.5, 0.6) is 5.75 Å². The lowest BCUT2D eigenvalue weighted by Crippen LogP contribution is -2.25. The van der Waals surface area contributed by atoms with E-state index in [1.807, 2.05) is 13.8 Å². The largest absolute Gasteiger partial charge is 0.477 e. The van der Waals surface area contributed by atoms with Crippen LogP contribution in [0.15, 0.2) is 47.4 Å². The smallest absolute Gasteiger partial charge is 0.341 e. The fourth-order valence-corrected chi connectivity index (χ4v) is 3.48. The number of fused-ring (bicyclic) bond motifs is 1. The molecule has 1 heterocycles. The number of hydrogen-bond acceptors (Lipinski definition) is 6. The van der Waals surface area contributed by atoms with Gasteiger partial charge in [-0.1, -0.05) is 13.8 Å². The maximum Gasteiger partial charge on any atom is 0.341 e. The zero-order valence-electron chi connectivity index (χ0n) is 17.1. The first-order valence-corrected chi connectivity index (χ1v) is 9.69. The molecule has 0 aliphatic carbocycles. The lowest BCUT2D eigenvalue weighted by atomic mass is 10.0. The highest BCUT2D eigenvalue weighted by Crippen LogP contribution is 2.29. The van der Waals surface area contributed by atoms with E-state index in [4.69, 9.17) is 10.7 Å². The van der Waals surface area contributed by atoms with Crippen molar-refractivity contribution in [3.05, 3.63) is 69.8 Å². The molecule has 3 aromatic rings. The number of nitrogens with zero attached hydrogens (tertiary/aromatic N) is 1. The van der Waals surface area contributed by atoms with E-state index in [9.17, 15) is 24.2 Å². The number of halogens is 1. The van der Waals surface area contributed by atoms with Crippen LogP contribution in [0.1, 0.15) is 35.8 Å². The third kappa shape index (κ3) is 4.52. The number of pyridine rings is 1. The van der Waals surface area contributed by atoms with E-state index in [0.29, 0.717) is 16.8 Å². The van der Waals surface area contributed by atoms with Crippen molar-refractivity contribution in [2.45, 2.75) is 26.4 Å². The zero-order chi connectivity index (χ0) is 22.7. The summed E-state index contributed by atoms with van der Waals surface area (Å²) in [6.07, 6.45) is 1.24. The SMILES string of the molecule is CC(C)[C@@H](CO)n1cc(C(=O)O)c(=O)c2cc(CNc3ccc(F)cc3)c(ON)cc21. The number of nitrogens with two attached hydrogens (primary N) is 1. The van der Waals surface area contributed by atoms with Crippen molar-refractivity contribution in [3.63, 3.8) is 0 Å². The number of aliphatic hydroxyl groups is 1. The van der Waals surface area contributed by atoms with Gasteiger partial charge in [-0.15, -0.1) is 0 Å². The average molecular weight is 429 g/mol. The highest BCUT2D eigenvalue weighted by Gasteiger charge is 2.22. The summed E-state index contributed by atoms with van der Waals surface area (Å²) in [4.78, 5) is 29.6. The second-order valence-corrected chi connectivity index (χ2v) is 7.53. The number of aromatic carboxylic acids is 1. The molecule has 0 amide bonds. The van der Waals surface area contributed by atoms with Gasteiger partial charge >= 0.3 is 5.97 Å². The van der Waals surface area contributed by atoms with Gasteiger partial charge in [-0.3, -0.25) is 4.79 Å². The molecule has 8 nitrogen and oxygen atoms in total. The van der Waals surface area contributed by atoms with Crippen molar-refractivity contribution >= 4 is 22.6 Å². The second kappa shape index (κ2) is 9.15. The average Bonchev–Trinajstić information content (AvgIpc) is 2.74. The summed E-state index contributed by atoms with van der Waals surface area (Å²) >= 11 is 0. The fraction of sp³-hybridized carbons (Fsp3) is 0.273. The van der Waals surface area contributed by atoms with Crippen molar-refractivity contribution in [1.29, 1.82) is 0 Å². The quantitative estimate of drug-likeness (QED) is 0.406. The van der Waals surface area contributed by atoms with Crippen LogP contribution in [0.25, 0.3) is 10.9 Å². The molecular formula is C22H24FN3O5. The summed E-state index contributed by atoms with van der Waals surface area (Å²) in [6.45, 7) is 3.71. The van der Waals surface area contributed by atoms with Crippen molar-refractivity contribution in [2.24, 2.45) is 11.8 Å². The standard InChI is InChI=1S/C22H24FN3O5/c1-12(2)19(11-27)26-10-17(22(29)30)21(28)16-7-13(20(31-24)8-18(16)26)9-25-15-5-3-14(23)4-6-15/h3-8,10,12,19,25,27H,9,11,24H2,1-2H3,(H,29,30)/t19-/m1/s1. The predicted molar refractivity (Wildman–Crippen MR) is 115 cm³/mol. The molecule has 2 aromatic carbocycles. The molecule has 3 rings (SSSR count). The van der Waals surface area contributed by atoms with Crippen LogP contribution in [0.2, 0.25) is 0 Å². The number of carboxylic acids is 1. The Labute approximate surface area is 177 Å². The van der Waals surface area contributed by atoms with Gasteiger partial charge in [-0.2, -0.15) is 5.90 Å². The van der Waals surface area contributed by atoms with E-state index in [2.05, 4.69) is 5.32 Å². The number of aliphatic hydroxyl groups excluding tert-OH is 1. The van der Waals surface area contributed by atoms with E-state index in [1.54, 1.807) is 22.8 Å². The molecule has 0 bridgehead atoms. The zero-order valence-corrected chi connectivity index (χ0v) is 17.1. The number of benzene rings is 2. The Kier molecular flexibility index (Phi) is 6.57. The van der Waals surface area contributed by atoms with Gasteiger partial charge in [-0.25, -0.2) is 9.18 Å². The van der Waals surface area contributed by atoms with Crippen molar-refractivity contribution in [3.8, 4) is 5.75 Å². The molecule has 0 aliphatic heterocycles. The summed E-state index contributed by atoms with van der Waals surface area (Å²) in [5.41, 5.74) is 0.502. The van der Waals surface area contributed by atoms with Crippen LogP contribution in [-0.4, -0.2) is 27.4 Å². The molecule has 31 heavy (non-hydrogen) atoms. The maximum absolute atomic E-state index is 13.1. The molecule has 0 saturated carbocycles. The minimum atomic E-state index is -1.36. The highest BCUT2D eigenvalue weighted by molar-refractivity contribution is 5.93. The molecule has 0 saturated heterocycles. The van der Waals surface area contributed by atoms with Crippen molar-refractivity contribution < 1.29 is 24.2 Å². The summed E-state index contributed by atoms with van der Waals surface area (Å²) in [5, 5.41) is 22.7. The van der Waals surface area contributed by atoms with Gasteiger partial charge in [0.15, 0.2) is 5.75 Å². The third-order valence-electron chi connectivity index (χ3n) is 5.21. The van der Waals surface area contributed by atoms with E-state index < -0.39 is 23.0 Å². The van der Waals surface area contributed by atoms with E-state index in [1.165, 1.54) is 24.4 Å². The number of carbonyl (C=O) groups is 1. The van der Waals surface area contributed by atoms with Crippen LogP contribution in [-0.2, 0) is 6.54 Å². The molecule has 0 aliphatic rings. The van der Waals surface area contributed by atoms with Crippen LogP contribution in [0.4, 0.5) is 10.1 Å². The number of carboxylic acid groups (broad SMARTS) is 1. The topological polar surface area (TPSA) is 127 Å². The van der Waals surface area contributed by atoms with Gasteiger partial charge in [0.05, 0.1) is 18.2 Å². The van der Waals surface area contributed by atoms with Gasteiger partial charge < -0.3 is 24.9 Å². The number of hydrogen-bond donors (Lipinski definition) is 4. The summed E-state index contributed by atoms with van der Waals surface area (Å²) in [5.74, 6) is 3.97. The summed E-state index contributed by atoms with van der Waals surface area (Å²) in [7, 11) is 0. The normalized spacial score (nSPS) is 12.2. The number of anilines is 1. The Balaban J connectivity index is 2.17. The van der Waals surface area contributed by atoms with Crippen LogP contribution in [0, 0.1) is 11.7 Å². The fourth-order valence-electron chi connectivity index (χ4n) is 3.48. The molecule has 0 unspecified atom stereocenters. The molecule has 1 atom stereocenters. The monoisotopic (exact) mass is 429 g/mol. The van der Waals surface area contributed by atoms with Gasteiger partial charge in [-0.05, 0) is 36.2 Å². The first kappa shape index (κ1) is 22.3. The van der Waals surface area contributed by atoms with Crippen LogP contribution >= 0.6 is 0 Å². The van der Waals surface area contributed by atoms with Crippen molar-refractivity contribution in [1.82, 2.24) is 4.57 Å². The molecule has 1 aromatic heterocycles. The lowest BCUT2D eigenvalue weighted by Gasteiger charge is -2.25. The van der Waals surface area contributed by atoms with Crippen molar-refractivity contribution in [2.75, 3.05) is 11.9 Å². The number of rotatable bonds is 8. The lowest BCUT2D eigenvalue weighted by molar-refractivity contribution is 0.0694. The molecular weight excluding hydrogens is 405 g/mol. The van der Waals surface area contributed by atoms with E-state index in [-0.39, 0.29) is 36.0 Å². The first-order valence-electron chi connectivity index (χ1n) is 9.69. The minimum Gasteiger partial charge on any atom is -0.477 e. The molecule has 0 spiro atoms. The Hall–Kier alpha value is -3.43. The molecule has 9 heteroatoms. The number of nitrogens with one attached hydrogen (secondary N) is 1. The number of aromatic nitrogens is 1. The van der Waals surface area contributed by atoms with Crippen LogP contribution < -0.4 is 21.5 Å². The highest BCUT2D eigenvalue weighted by atomic mass is 19.1. The third-order valence-corrected chi connectivity index (χ3v) is 5.21. The summed E-state index contributed by atoms with van der Waals surface area (Å²) < 4.78 is 14.7. The van der Waals surface area contributed by atoms with Gasteiger partial charge in [0.25, 0.3) is 0 Å². The molecule has 0 radical (unpaired) electrons. The van der Waals surface area contributed by atoms with E-state index in [0.717, 1.165) is 0 Å². The first-order chi connectivity index (χ1) is 14.8. The molecule has 5 N–H and O–H groups in total. The minimum absolute atomic E-state index is 0.0422.